The van der Waals surface area contributed by atoms with Gasteiger partial charge in [0.05, 0.1) is 10.5 Å². The first kappa shape index (κ1) is 15.9. The molecule has 6 heteroatoms. The minimum atomic E-state index is -0.506. The van der Waals surface area contributed by atoms with E-state index < -0.39 is 4.92 Å². The van der Waals surface area contributed by atoms with Gasteiger partial charge in [0.1, 0.15) is 0 Å². The van der Waals surface area contributed by atoms with Crippen LogP contribution in [0.2, 0.25) is 0 Å². The molecule has 0 bridgehead atoms. The fourth-order valence-corrected chi connectivity index (χ4v) is 1.83. The smallest absolute Gasteiger partial charge is 0.270 e. The first-order valence-corrected chi connectivity index (χ1v) is 6.67. The summed E-state index contributed by atoms with van der Waals surface area (Å²) in [5, 5.41) is 16.6. The fourth-order valence-electron chi connectivity index (χ4n) is 1.83. The third-order valence-corrected chi connectivity index (χ3v) is 3.58. The van der Waals surface area contributed by atoms with E-state index in [1.807, 2.05) is 6.92 Å². The van der Waals surface area contributed by atoms with Crippen LogP contribution in [0.25, 0.3) is 0 Å². The van der Waals surface area contributed by atoms with Gasteiger partial charge in [-0.3, -0.25) is 14.9 Å². The maximum absolute atomic E-state index is 12.3. The van der Waals surface area contributed by atoms with Gasteiger partial charge in [0.2, 0.25) is 0 Å². The molecule has 0 saturated carbocycles. The van der Waals surface area contributed by atoms with Crippen molar-refractivity contribution in [1.29, 1.82) is 0 Å². The number of nitro benzene ring substituents is 1. The monoisotopic (exact) mass is 279 g/mol. The zero-order valence-corrected chi connectivity index (χ0v) is 12.3. The number of rotatable bonds is 6. The second-order valence-electron chi connectivity index (χ2n) is 4.88. The van der Waals surface area contributed by atoms with E-state index in [9.17, 15) is 14.9 Å². The number of nitrogens with one attached hydrogen (secondary N) is 2. The van der Waals surface area contributed by atoms with E-state index in [-0.39, 0.29) is 23.2 Å². The van der Waals surface area contributed by atoms with Gasteiger partial charge in [-0.2, -0.15) is 0 Å². The molecule has 1 rings (SSSR count). The van der Waals surface area contributed by atoms with Gasteiger partial charge in [0.25, 0.3) is 11.6 Å². The molecule has 110 valence electrons. The van der Waals surface area contributed by atoms with Crippen molar-refractivity contribution < 1.29 is 9.72 Å². The van der Waals surface area contributed by atoms with Crippen molar-refractivity contribution in [2.24, 2.45) is 5.92 Å². The Kier molecular flexibility index (Phi) is 5.49. The standard InChI is InChI=1S/C14H21N3O3/c1-5-9(2)10(3)16-14(18)12-8-11(17(19)20)6-7-13(12)15-4/h6-10,15H,5H2,1-4H3,(H,16,18). The summed E-state index contributed by atoms with van der Waals surface area (Å²) in [5.74, 6) is 0.0431. The van der Waals surface area contributed by atoms with Crippen LogP contribution in [0.5, 0.6) is 0 Å². The van der Waals surface area contributed by atoms with Gasteiger partial charge in [0, 0.05) is 30.9 Å². The molecule has 0 fully saturated rings. The number of anilines is 1. The quantitative estimate of drug-likeness (QED) is 0.619. The van der Waals surface area contributed by atoms with Crippen molar-refractivity contribution in [2.75, 3.05) is 12.4 Å². The summed E-state index contributed by atoms with van der Waals surface area (Å²) < 4.78 is 0. The molecule has 0 spiro atoms. The van der Waals surface area contributed by atoms with Gasteiger partial charge in [-0.1, -0.05) is 20.3 Å². The molecule has 0 heterocycles. The number of benzene rings is 1. The molecule has 0 aliphatic heterocycles. The lowest BCUT2D eigenvalue weighted by atomic mass is 10.0. The molecule has 2 N–H and O–H groups in total. The third-order valence-electron chi connectivity index (χ3n) is 3.58. The van der Waals surface area contributed by atoms with E-state index in [0.717, 1.165) is 6.42 Å². The summed E-state index contributed by atoms with van der Waals surface area (Å²) in [4.78, 5) is 22.6. The first-order chi connectivity index (χ1) is 9.40. The summed E-state index contributed by atoms with van der Waals surface area (Å²) in [5.41, 5.74) is 0.770. The highest BCUT2D eigenvalue weighted by molar-refractivity contribution is 6.00. The molecule has 1 aromatic rings. The van der Waals surface area contributed by atoms with Crippen LogP contribution in [0.15, 0.2) is 18.2 Å². The Morgan fingerprint density at radius 2 is 2.05 bits per heavy atom. The van der Waals surface area contributed by atoms with Crippen molar-refractivity contribution in [3.05, 3.63) is 33.9 Å². The molecule has 0 saturated heterocycles. The van der Waals surface area contributed by atoms with Gasteiger partial charge in [-0.05, 0) is 18.9 Å². The van der Waals surface area contributed by atoms with Gasteiger partial charge >= 0.3 is 0 Å². The number of non-ortho nitro benzene ring substituents is 1. The Morgan fingerprint density at radius 3 is 2.55 bits per heavy atom. The molecule has 0 aromatic heterocycles. The second kappa shape index (κ2) is 6.88. The zero-order chi connectivity index (χ0) is 15.3. The number of amides is 1. The first-order valence-electron chi connectivity index (χ1n) is 6.67. The molecule has 20 heavy (non-hydrogen) atoms. The Labute approximate surface area is 118 Å². The summed E-state index contributed by atoms with van der Waals surface area (Å²) in [7, 11) is 1.68. The van der Waals surface area contributed by atoms with Crippen LogP contribution in [0.3, 0.4) is 0 Å². The van der Waals surface area contributed by atoms with Crippen LogP contribution >= 0.6 is 0 Å². The highest BCUT2D eigenvalue weighted by Gasteiger charge is 2.19. The molecular weight excluding hydrogens is 258 g/mol. The molecule has 0 radical (unpaired) electrons. The third kappa shape index (κ3) is 3.69. The van der Waals surface area contributed by atoms with Crippen LogP contribution in [-0.4, -0.2) is 23.9 Å². The van der Waals surface area contributed by atoms with E-state index in [0.29, 0.717) is 11.6 Å². The summed E-state index contributed by atoms with van der Waals surface area (Å²) in [6.07, 6.45) is 0.954. The lowest BCUT2D eigenvalue weighted by molar-refractivity contribution is -0.384. The lowest BCUT2D eigenvalue weighted by Crippen LogP contribution is -2.37. The number of hydrogen-bond acceptors (Lipinski definition) is 4. The number of nitro groups is 1. The molecule has 2 unspecified atom stereocenters. The Bertz CT molecular complexity index is 502. The van der Waals surface area contributed by atoms with Crippen molar-refractivity contribution in [1.82, 2.24) is 5.32 Å². The van der Waals surface area contributed by atoms with Gasteiger partial charge in [-0.25, -0.2) is 0 Å². The largest absolute Gasteiger partial charge is 0.387 e. The van der Waals surface area contributed by atoms with Crippen LogP contribution in [0.4, 0.5) is 11.4 Å². The maximum atomic E-state index is 12.3. The summed E-state index contributed by atoms with van der Waals surface area (Å²) >= 11 is 0. The highest BCUT2D eigenvalue weighted by atomic mass is 16.6. The summed E-state index contributed by atoms with van der Waals surface area (Å²) in [6, 6.07) is 4.23. The summed E-state index contributed by atoms with van der Waals surface area (Å²) in [6.45, 7) is 6.04. The minimum absolute atomic E-state index is 0.0106. The Morgan fingerprint density at radius 1 is 1.40 bits per heavy atom. The number of carbonyl (C=O) groups excluding carboxylic acids is 1. The molecule has 2 atom stereocenters. The van der Waals surface area contributed by atoms with E-state index in [1.165, 1.54) is 12.1 Å². The Balaban J connectivity index is 3.01. The lowest BCUT2D eigenvalue weighted by Gasteiger charge is -2.20. The average molecular weight is 279 g/mol. The van der Waals surface area contributed by atoms with Crippen molar-refractivity contribution in [3.8, 4) is 0 Å². The van der Waals surface area contributed by atoms with Gasteiger partial charge < -0.3 is 10.6 Å². The maximum Gasteiger partial charge on any atom is 0.270 e. The molecule has 1 amide bonds. The predicted octanol–water partition coefficient (Wildman–Crippen LogP) is 2.80. The second-order valence-corrected chi connectivity index (χ2v) is 4.88. The van der Waals surface area contributed by atoms with Crippen LogP contribution in [0, 0.1) is 16.0 Å². The minimum Gasteiger partial charge on any atom is -0.387 e. The van der Waals surface area contributed by atoms with E-state index in [4.69, 9.17) is 0 Å². The Hall–Kier alpha value is -2.11. The SMILES string of the molecule is CCC(C)C(C)NC(=O)c1cc([N+](=O)[O-])ccc1NC. The molecular formula is C14H21N3O3. The number of carbonyl (C=O) groups is 1. The molecule has 6 nitrogen and oxygen atoms in total. The number of hydrogen-bond donors (Lipinski definition) is 2. The fraction of sp³-hybridized carbons (Fsp3) is 0.500. The topological polar surface area (TPSA) is 84.3 Å². The van der Waals surface area contributed by atoms with Crippen LogP contribution in [0.1, 0.15) is 37.6 Å². The van der Waals surface area contributed by atoms with E-state index in [1.54, 1.807) is 13.1 Å². The molecule has 0 aliphatic rings. The average Bonchev–Trinajstić information content (AvgIpc) is 2.45. The van der Waals surface area contributed by atoms with Gasteiger partial charge in [0.15, 0.2) is 0 Å². The van der Waals surface area contributed by atoms with Crippen molar-refractivity contribution in [3.63, 3.8) is 0 Å². The predicted molar refractivity (Wildman–Crippen MR) is 79.0 cm³/mol. The molecule has 0 aliphatic carbocycles. The van der Waals surface area contributed by atoms with Gasteiger partial charge in [-0.15, -0.1) is 0 Å². The van der Waals surface area contributed by atoms with Crippen LogP contribution in [-0.2, 0) is 0 Å². The normalized spacial score (nSPS) is 13.4. The number of nitrogens with zero attached hydrogens (tertiary/aromatic N) is 1. The highest BCUT2D eigenvalue weighted by Crippen LogP contribution is 2.22. The van der Waals surface area contributed by atoms with E-state index >= 15 is 0 Å². The van der Waals surface area contributed by atoms with Crippen molar-refractivity contribution in [2.45, 2.75) is 33.2 Å². The zero-order valence-electron chi connectivity index (χ0n) is 12.3. The van der Waals surface area contributed by atoms with E-state index in [2.05, 4.69) is 24.5 Å². The van der Waals surface area contributed by atoms with Crippen LogP contribution < -0.4 is 10.6 Å². The van der Waals surface area contributed by atoms with Crippen molar-refractivity contribution >= 4 is 17.3 Å². The molecule has 1 aromatic carbocycles.